The van der Waals surface area contributed by atoms with Gasteiger partial charge in [0.05, 0.1) is 32.6 Å². The van der Waals surface area contributed by atoms with Crippen molar-refractivity contribution in [2.75, 3.05) is 0 Å². The fraction of sp³-hybridized carbons (Fsp3) is 0.316. The predicted octanol–water partition coefficient (Wildman–Crippen LogP) is 4.35. The number of aryl methyl sites for hydroxylation is 1. The maximum absolute atomic E-state index is 12.5. The molecule has 1 heterocycles. The Kier molecular flexibility index (Phi) is 3.11. The molecule has 0 radical (unpaired) electrons. The van der Waals surface area contributed by atoms with E-state index >= 15 is 0 Å². The van der Waals surface area contributed by atoms with Crippen LogP contribution in [0.3, 0.4) is 0 Å². The van der Waals surface area contributed by atoms with E-state index in [0.29, 0.717) is 5.56 Å². The second-order valence-electron chi connectivity index (χ2n) is 7.10. The monoisotopic (exact) mass is 371 g/mol. The molecule has 0 fully saturated rings. The number of hydrogen-bond acceptors (Lipinski definition) is 2. The first-order valence-corrected chi connectivity index (χ1v) is 8.55. The van der Waals surface area contributed by atoms with E-state index in [-0.39, 0.29) is 5.97 Å². The predicted molar refractivity (Wildman–Crippen MR) is 96.9 cm³/mol. The normalized spacial score (nSPS) is 14.3. The number of carbonyl (C=O) groups is 1. The van der Waals surface area contributed by atoms with Crippen LogP contribution in [0.1, 0.15) is 43.1 Å². The molecule has 1 aliphatic rings. The Hall–Kier alpha value is -1.81. The number of carbonyl (C=O) groups excluding carboxylic acids is 1. The zero-order chi connectivity index (χ0) is 16.4. The Morgan fingerprint density at radius 3 is 2.74 bits per heavy atom. The Balaban J connectivity index is 2.01. The molecule has 118 valence electrons. The Morgan fingerprint density at radius 1 is 1.22 bits per heavy atom. The largest absolute Gasteiger partial charge is 0.456 e. The Bertz CT molecular complexity index is 1010. The summed E-state index contributed by atoms with van der Waals surface area (Å²) < 4.78 is 7.54. The molecule has 23 heavy (non-hydrogen) atoms. The van der Waals surface area contributed by atoms with Gasteiger partial charge in [-0.3, -0.25) is 3.59 Å². The highest BCUT2D eigenvalue weighted by molar-refractivity contribution is 9.08. The van der Waals surface area contributed by atoms with Crippen LogP contribution in [0.15, 0.2) is 24.3 Å². The lowest BCUT2D eigenvalue weighted by molar-refractivity contribution is 0.00698. The summed E-state index contributed by atoms with van der Waals surface area (Å²) in [6.45, 7) is 5.65. The molecule has 4 rings (SSSR count). The smallest absolute Gasteiger partial charge is 0.338 e. The summed E-state index contributed by atoms with van der Waals surface area (Å²) in [7, 11) is 0. The Morgan fingerprint density at radius 2 is 2.00 bits per heavy atom. The van der Waals surface area contributed by atoms with Crippen molar-refractivity contribution in [2.45, 2.75) is 39.2 Å². The van der Waals surface area contributed by atoms with Gasteiger partial charge in [0.1, 0.15) is 5.60 Å². The molecule has 0 saturated heterocycles. The number of ether oxygens (including phenoxy) is 1. The van der Waals surface area contributed by atoms with Crippen LogP contribution in [-0.4, -0.2) is 15.2 Å². The summed E-state index contributed by atoms with van der Waals surface area (Å²) in [4.78, 5) is 12.5. The molecule has 0 bridgehead atoms. The van der Waals surface area contributed by atoms with E-state index in [4.69, 9.17) is 4.74 Å². The second-order valence-corrected chi connectivity index (χ2v) is 7.81. The van der Waals surface area contributed by atoms with Crippen molar-refractivity contribution in [3.05, 3.63) is 40.7 Å². The number of rotatable bonds is 1. The summed E-state index contributed by atoms with van der Waals surface area (Å²) in [5.74, 6) is -0.283. The van der Waals surface area contributed by atoms with Crippen LogP contribution < -0.4 is 5.35 Å². The van der Waals surface area contributed by atoms with Crippen LogP contribution in [0.5, 0.6) is 0 Å². The first kappa shape index (κ1) is 14.8. The van der Waals surface area contributed by atoms with E-state index < -0.39 is 5.60 Å². The summed E-state index contributed by atoms with van der Waals surface area (Å²) in [6, 6.07) is 8.15. The van der Waals surface area contributed by atoms with E-state index in [2.05, 4.69) is 34.4 Å². The number of halogens is 1. The first-order chi connectivity index (χ1) is 10.8. The minimum absolute atomic E-state index is 0.283. The van der Waals surface area contributed by atoms with Gasteiger partial charge in [-0.15, -0.1) is 0 Å². The molecule has 0 unspecified atom stereocenters. The van der Waals surface area contributed by atoms with Crippen LogP contribution >= 0.6 is 16.1 Å². The van der Waals surface area contributed by atoms with Gasteiger partial charge in [-0.05, 0) is 56.7 Å². The van der Waals surface area contributed by atoms with Crippen molar-refractivity contribution in [1.29, 1.82) is 0 Å². The molecule has 0 saturated carbocycles. The molecule has 0 aliphatic heterocycles. The highest BCUT2D eigenvalue weighted by Gasteiger charge is 2.22. The molecule has 3 nitrogen and oxygen atoms in total. The lowest BCUT2D eigenvalue weighted by atomic mass is 9.95. The quantitative estimate of drug-likeness (QED) is 0.595. The van der Waals surface area contributed by atoms with Gasteiger partial charge in [-0.2, -0.15) is 0 Å². The number of esters is 1. The molecule has 2 aromatic carbocycles. The zero-order valence-electron chi connectivity index (χ0n) is 13.4. The second kappa shape index (κ2) is 4.84. The molecular formula is C19H18BrNO2. The lowest BCUT2D eigenvalue weighted by Crippen LogP contribution is -2.23. The third kappa shape index (κ3) is 2.27. The SMILES string of the molecule is CC(C)(C)OC(=O)c1cc2ccc3c4c(n(Br)c(c1)c24)=CCC3. The van der Waals surface area contributed by atoms with Crippen molar-refractivity contribution in [3.8, 4) is 0 Å². The van der Waals surface area contributed by atoms with Crippen LogP contribution in [0.25, 0.3) is 27.8 Å². The van der Waals surface area contributed by atoms with Crippen molar-refractivity contribution in [2.24, 2.45) is 0 Å². The zero-order valence-corrected chi connectivity index (χ0v) is 15.0. The molecule has 4 heteroatoms. The maximum atomic E-state index is 12.5. The van der Waals surface area contributed by atoms with Gasteiger partial charge in [-0.1, -0.05) is 18.2 Å². The topological polar surface area (TPSA) is 31.2 Å². The van der Waals surface area contributed by atoms with Crippen molar-refractivity contribution in [1.82, 2.24) is 3.59 Å². The van der Waals surface area contributed by atoms with Gasteiger partial charge in [-0.25, -0.2) is 4.79 Å². The fourth-order valence-electron chi connectivity index (χ4n) is 3.37. The average molecular weight is 372 g/mol. The molecule has 0 N–H and O–H groups in total. The van der Waals surface area contributed by atoms with Crippen LogP contribution in [0.4, 0.5) is 0 Å². The highest BCUT2D eigenvalue weighted by atomic mass is 79.9. The minimum atomic E-state index is -0.497. The molecule has 1 aliphatic carbocycles. The van der Waals surface area contributed by atoms with Crippen LogP contribution in [0, 0.1) is 0 Å². The molecule has 0 amide bonds. The maximum Gasteiger partial charge on any atom is 0.338 e. The van der Waals surface area contributed by atoms with Gasteiger partial charge < -0.3 is 4.74 Å². The van der Waals surface area contributed by atoms with Gasteiger partial charge in [0.25, 0.3) is 0 Å². The molecule has 1 aromatic heterocycles. The van der Waals surface area contributed by atoms with Gasteiger partial charge in [0.2, 0.25) is 0 Å². The van der Waals surface area contributed by atoms with Crippen molar-refractivity contribution < 1.29 is 9.53 Å². The molecular weight excluding hydrogens is 354 g/mol. The van der Waals surface area contributed by atoms with Gasteiger partial charge >= 0.3 is 5.97 Å². The number of benzene rings is 2. The van der Waals surface area contributed by atoms with E-state index in [9.17, 15) is 4.79 Å². The number of hydrogen-bond donors (Lipinski definition) is 0. The van der Waals surface area contributed by atoms with E-state index in [1.165, 1.54) is 21.7 Å². The van der Waals surface area contributed by atoms with Crippen molar-refractivity contribution in [3.63, 3.8) is 0 Å². The molecule has 3 aromatic rings. The van der Waals surface area contributed by atoms with Crippen LogP contribution in [-0.2, 0) is 11.2 Å². The standard InChI is InChI=1S/C19H18BrNO2/c1-19(2,3)23-18(22)13-9-12-8-7-11-5-4-6-14-16(11)17(12)15(10-13)21(14)20/h6-10H,4-5H2,1-3H3. The summed E-state index contributed by atoms with van der Waals surface area (Å²) >= 11 is 3.66. The van der Waals surface area contributed by atoms with E-state index in [1.54, 1.807) is 0 Å². The highest BCUT2D eigenvalue weighted by Crippen LogP contribution is 2.33. The first-order valence-electron chi connectivity index (χ1n) is 7.84. The van der Waals surface area contributed by atoms with Gasteiger partial charge in [0.15, 0.2) is 0 Å². The molecule has 0 atom stereocenters. The third-order valence-corrected chi connectivity index (χ3v) is 5.01. The number of aromatic nitrogens is 1. The number of nitrogens with zero attached hydrogens (tertiary/aromatic N) is 1. The average Bonchev–Trinajstić information content (AvgIpc) is 2.78. The molecule has 0 spiro atoms. The fourth-order valence-corrected chi connectivity index (χ4v) is 3.97. The summed E-state index contributed by atoms with van der Waals surface area (Å²) in [6.07, 6.45) is 4.37. The summed E-state index contributed by atoms with van der Waals surface area (Å²) in [5.41, 5.74) is 2.49. The third-order valence-electron chi connectivity index (χ3n) is 4.25. The van der Waals surface area contributed by atoms with Crippen molar-refractivity contribution >= 4 is 49.9 Å². The minimum Gasteiger partial charge on any atom is -0.456 e. The summed E-state index contributed by atoms with van der Waals surface area (Å²) in [5, 5.41) is 4.79. The van der Waals surface area contributed by atoms with Gasteiger partial charge in [0, 0.05) is 10.8 Å². The Labute approximate surface area is 143 Å². The lowest BCUT2D eigenvalue weighted by Gasteiger charge is -2.19. The van der Waals surface area contributed by atoms with E-state index in [1.807, 2.05) is 36.5 Å². The van der Waals surface area contributed by atoms with E-state index in [0.717, 1.165) is 23.7 Å². The van der Waals surface area contributed by atoms with Crippen LogP contribution in [0.2, 0.25) is 0 Å².